The Bertz CT molecular complexity index is 4090. The van der Waals surface area contributed by atoms with Crippen molar-refractivity contribution >= 4 is 133 Å². The molecule has 16 rings (SSSR count). The Morgan fingerprint density at radius 1 is 0.131 bits per heavy atom. The zero-order valence-electron chi connectivity index (χ0n) is 46.1. The maximum absolute atomic E-state index is 2.37. The molecule has 0 saturated carbocycles. The summed E-state index contributed by atoms with van der Waals surface area (Å²) in [6.45, 7) is 0. The minimum Gasteiger partial charge on any atom is -0.310 e. The molecular weight excluding hydrogens is 1020 g/mol. The lowest BCUT2D eigenvalue weighted by Crippen LogP contribution is -2.11. The van der Waals surface area contributed by atoms with Gasteiger partial charge in [0.25, 0.3) is 0 Å². The Kier molecular flexibility index (Phi) is 12.9. The van der Waals surface area contributed by atoms with E-state index in [4.69, 9.17) is 0 Å². The van der Waals surface area contributed by atoms with Gasteiger partial charge in [-0.25, -0.2) is 0 Å². The van der Waals surface area contributed by atoms with Crippen molar-refractivity contribution in [3.8, 4) is 0 Å². The van der Waals surface area contributed by atoms with E-state index in [0.717, 1.165) is 45.5 Å². The summed E-state index contributed by atoms with van der Waals surface area (Å²) in [5.74, 6) is 0. The van der Waals surface area contributed by atoms with E-state index in [-0.39, 0.29) is 0 Å². The van der Waals surface area contributed by atoms with Crippen molar-refractivity contribution in [3.63, 3.8) is 0 Å². The number of nitrogens with zero attached hydrogens (tertiary/aromatic N) is 4. The molecule has 16 aromatic carbocycles. The Labute approximate surface area is 489 Å². The average Bonchev–Trinajstić information content (AvgIpc) is 1.35. The summed E-state index contributed by atoms with van der Waals surface area (Å²) in [6, 6.07) is 122. The molecule has 0 N–H and O–H groups in total. The first-order valence-corrected chi connectivity index (χ1v) is 28.8. The van der Waals surface area contributed by atoms with E-state index in [1.807, 2.05) is 0 Å². The van der Waals surface area contributed by atoms with Crippen molar-refractivity contribution in [1.82, 2.24) is 0 Å². The van der Waals surface area contributed by atoms with Crippen LogP contribution < -0.4 is 19.6 Å². The first-order valence-electron chi connectivity index (χ1n) is 28.8. The molecule has 0 aliphatic carbocycles. The number of hydrogen-bond donors (Lipinski definition) is 0. The van der Waals surface area contributed by atoms with Crippen LogP contribution in [0.25, 0.3) is 64.6 Å². The lowest BCUT2D eigenvalue weighted by molar-refractivity contribution is 1.30. The van der Waals surface area contributed by atoms with Crippen LogP contribution in [0, 0.1) is 0 Å². The van der Waals surface area contributed by atoms with Gasteiger partial charge in [-0.3, -0.25) is 0 Å². The predicted octanol–water partition coefficient (Wildman–Crippen LogP) is 23.0. The molecule has 396 valence electrons. The van der Waals surface area contributed by atoms with Gasteiger partial charge in [0.15, 0.2) is 0 Å². The topological polar surface area (TPSA) is 13.0 Å². The minimum absolute atomic E-state index is 1.14. The second-order valence-electron chi connectivity index (χ2n) is 21.2. The van der Waals surface area contributed by atoms with E-state index in [1.54, 1.807) is 0 Å². The summed E-state index contributed by atoms with van der Waals surface area (Å²) >= 11 is 0. The molecule has 0 radical (unpaired) electrons. The van der Waals surface area contributed by atoms with Gasteiger partial charge in [0.1, 0.15) is 0 Å². The highest BCUT2D eigenvalue weighted by Crippen LogP contribution is 2.50. The minimum atomic E-state index is 1.14. The van der Waals surface area contributed by atoms with Gasteiger partial charge in [-0.05, 0) is 164 Å². The van der Waals surface area contributed by atoms with Crippen molar-refractivity contribution in [3.05, 3.63) is 340 Å². The van der Waals surface area contributed by atoms with E-state index in [1.165, 1.54) is 87.4 Å². The van der Waals surface area contributed by atoms with E-state index >= 15 is 0 Å². The highest BCUT2D eigenvalue weighted by molar-refractivity contribution is 6.29. The molecule has 0 unspecified atom stereocenters. The van der Waals surface area contributed by atoms with E-state index in [9.17, 15) is 0 Å². The van der Waals surface area contributed by atoms with Crippen LogP contribution in [0.1, 0.15) is 0 Å². The molecule has 0 atom stereocenters. The zero-order valence-corrected chi connectivity index (χ0v) is 46.1. The number of rotatable bonds is 12. The Morgan fingerprint density at radius 3 is 0.429 bits per heavy atom. The van der Waals surface area contributed by atoms with E-state index in [0.29, 0.717) is 0 Å². The van der Waals surface area contributed by atoms with Gasteiger partial charge in [0.05, 0.1) is 22.7 Å². The highest BCUT2D eigenvalue weighted by atomic mass is 15.2. The SMILES string of the molecule is c1ccc(N(c2ccccc2)c2ccc3ccc4c(N(c5ccccc5)c5ccccc5)ccc5ccc2c3c54)cc1.c1ccc(N(c2ccccc2)c2ccc3ccc4c(N(c5ccccc5)c5ccccc5)ccc5ccc2c3c54)cc1. The summed E-state index contributed by atoms with van der Waals surface area (Å²) in [4.78, 5) is 9.47. The largest absolute Gasteiger partial charge is 0.310 e. The van der Waals surface area contributed by atoms with Crippen molar-refractivity contribution in [2.45, 2.75) is 0 Å². The second kappa shape index (κ2) is 21.7. The van der Waals surface area contributed by atoms with Gasteiger partial charge in [0.2, 0.25) is 0 Å². The van der Waals surface area contributed by atoms with Crippen molar-refractivity contribution in [2.24, 2.45) is 0 Å². The molecule has 0 spiro atoms. The summed E-state index contributed by atoms with van der Waals surface area (Å²) in [6.07, 6.45) is 0. The van der Waals surface area contributed by atoms with Crippen LogP contribution in [0.15, 0.2) is 340 Å². The molecule has 0 aliphatic heterocycles. The quantitative estimate of drug-likeness (QED) is 0.113. The molecule has 4 nitrogen and oxygen atoms in total. The van der Waals surface area contributed by atoms with Gasteiger partial charge in [-0.1, -0.05) is 218 Å². The van der Waals surface area contributed by atoms with Gasteiger partial charge in [-0.2, -0.15) is 0 Å². The summed E-state index contributed by atoms with van der Waals surface area (Å²) in [7, 11) is 0. The van der Waals surface area contributed by atoms with Gasteiger partial charge < -0.3 is 19.6 Å². The third kappa shape index (κ3) is 8.91. The lowest BCUT2D eigenvalue weighted by Gasteiger charge is -2.29. The van der Waals surface area contributed by atoms with Gasteiger partial charge in [0, 0.05) is 67.0 Å². The third-order valence-electron chi connectivity index (χ3n) is 16.3. The van der Waals surface area contributed by atoms with Crippen LogP contribution in [-0.2, 0) is 0 Å². The van der Waals surface area contributed by atoms with Crippen molar-refractivity contribution in [1.29, 1.82) is 0 Å². The van der Waals surface area contributed by atoms with Gasteiger partial charge >= 0.3 is 0 Å². The normalized spacial score (nSPS) is 11.3. The smallest absolute Gasteiger partial charge is 0.0540 e. The fraction of sp³-hybridized carbons (Fsp3) is 0. The van der Waals surface area contributed by atoms with E-state index in [2.05, 4.69) is 359 Å². The molecule has 0 heterocycles. The lowest BCUT2D eigenvalue weighted by atomic mass is 9.91. The average molecular weight is 1070 g/mol. The first-order chi connectivity index (χ1) is 41.7. The molecule has 0 aliphatic rings. The monoisotopic (exact) mass is 1070 g/mol. The Hall–Kier alpha value is -11.2. The third-order valence-corrected chi connectivity index (χ3v) is 16.3. The van der Waals surface area contributed by atoms with Crippen LogP contribution in [-0.4, -0.2) is 0 Å². The standard InChI is InChI=1S/2C40H28N2/c2*1-5-13-31(14-6-1)41(32-15-7-2-8-16-32)37-27-23-29-22-26-36-38(28-24-30-21-25-35(37)39(29)40(30)36)42(33-17-9-3-10-18-33)34-19-11-4-12-20-34/h2*1-28H. The predicted molar refractivity (Wildman–Crippen MR) is 359 cm³/mol. The Morgan fingerprint density at radius 2 is 0.274 bits per heavy atom. The van der Waals surface area contributed by atoms with Crippen LogP contribution >= 0.6 is 0 Å². The molecule has 84 heavy (non-hydrogen) atoms. The number of anilines is 12. The number of hydrogen-bond acceptors (Lipinski definition) is 4. The fourth-order valence-corrected chi connectivity index (χ4v) is 12.6. The molecule has 0 bridgehead atoms. The molecule has 0 fully saturated rings. The molecule has 0 saturated heterocycles. The van der Waals surface area contributed by atoms with Crippen LogP contribution in [0.2, 0.25) is 0 Å². The van der Waals surface area contributed by atoms with Gasteiger partial charge in [-0.15, -0.1) is 0 Å². The zero-order chi connectivity index (χ0) is 55.8. The van der Waals surface area contributed by atoms with Crippen molar-refractivity contribution in [2.75, 3.05) is 19.6 Å². The second-order valence-corrected chi connectivity index (χ2v) is 21.2. The molecule has 0 amide bonds. The van der Waals surface area contributed by atoms with Crippen molar-refractivity contribution < 1.29 is 0 Å². The highest BCUT2D eigenvalue weighted by Gasteiger charge is 2.24. The molecule has 4 heteroatoms. The maximum atomic E-state index is 2.37. The Balaban J connectivity index is 0.000000143. The number of para-hydroxylation sites is 8. The maximum Gasteiger partial charge on any atom is 0.0540 e. The molecule has 16 aromatic rings. The first kappa shape index (κ1) is 49.8. The molecule has 0 aromatic heterocycles. The van der Waals surface area contributed by atoms with Crippen LogP contribution in [0.4, 0.5) is 68.2 Å². The van der Waals surface area contributed by atoms with E-state index < -0.39 is 0 Å². The number of benzene rings is 16. The fourth-order valence-electron chi connectivity index (χ4n) is 12.6. The summed E-state index contributed by atoms with van der Waals surface area (Å²) in [5, 5.41) is 15.1. The van der Waals surface area contributed by atoms with Crippen LogP contribution in [0.5, 0.6) is 0 Å². The summed E-state index contributed by atoms with van der Waals surface area (Å²) in [5.41, 5.74) is 13.8. The summed E-state index contributed by atoms with van der Waals surface area (Å²) < 4.78 is 0. The van der Waals surface area contributed by atoms with Crippen LogP contribution in [0.3, 0.4) is 0 Å². The molecular formula is C80H56N4.